The van der Waals surface area contributed by atoms with Gasteiger partial charge in [0.05, 0.1) is 41.1 Å². The molecule has 0 aliphatic carbocycles. The van der Waals surface area contributed by atoms with Gasteiger partial charge in [-0.1, -0.05) is 11.6 Å². The molecule has 2 atom stereocenters. The Labute approximate surface area is 254 Å². The van der Waals surface area contributed by atoms with Gasteiger partial charge in [-0.2, -0.15) is 0 Å². The predicted molar refractivity (Wildman–Crippen MR) is 152 cm³/mol. The van der Waals surface area contributed by atoms with Crippen LogP contribution >= 0.6 is 35.3 Å². The number of carboxylic acids is 1. The zero-order valence-corrected chi connectivity index (χ0v) is 24.5. The molecular weight excluding hydrogens is 618 g/mol. The van der Waals surface area contributed by atoms with E-state index in [1.165, 1.54) is 34.1 Å². The topological polar surface area (TPSA) is 137 Å². The third-order valence-corrected chi connectivity index (χ3v) is 8.32. The zero-order valence-electron chi connectivity index (χ0n) is 22.1. The van der Waals surface area contributed by atoms with Crippen LogP contribution in [0.3, 0.4) is 0 Å². The van der Waals surface area contributed by atoms with Crippen LogP contribution in [0.5, 0.6) is 0 Å². The number of imide groups is 1. The molecule has 0 bridgehead atoms. The summed E-state index contributed by atoms with van der Waals surface area (Å²) < 4.78 is 26.0. The van der Waals surface area contributed by atoms with E-state index in [-0.39, 0.29) is 61.7 Å². The Morgan fingerprint density at radius 1 is 1.14 bits per heavy atom. The molecule has 1 N–H and O–H groups in total. The zero-order chi connectivity index (χ0) is 29.3. The molecule has 12 nitrogen and oxygen atoms in total. The number of carbonyl (C=O) groups excluding carboxylic acids is 4. The number of aliphatic carboxylic acids is 1. The van der Waals surface area contributed by atoms with Crippen molar-refractivity contribution >= 4 is 76.5 Å². The summed E-state index contributed by atoms with van der Waals surface area (Å²) in [4.78, 5) is 68.2. The molecule has 16 heteroatoms. The van der Waals surface area contributed by atoms with E-state index in [0.717, 1.165) is 27.2 Å². The number of ether oxygens (including phenoxy) is 2. The molecule has 42 heavy (non-hydrogen) atoms. The molecule has 3 fully saturated rings. The van der Waals surface area contributed by atoms with Crippen LogP contribution in [-0.4, -0.2) is 103 Å². The van der Waals surface area contributed by atoms with Gasteiger partial charge in [0.2, 0.25) is 5.91 Å². The quantitative estimate of drug-likeness (QED) is 0.460. The van der Waals surface area contributed by atoms with Gasteiger partial charge in [0.15, 0.2) is 0 Å². The first kappa shape index (κ1) is 31.6. The maximum atomic E-state index is 15.2. The first-order chi connectivity index (χ1) is 19.6. The van der Waals surface area contributed by atoms with E-state index in [1.807, 2.05) is 0 Å². The van der Waals surface area contributed by atoms with Crippen molar-refractivity contribution in [3.05, 3.63) is 45.4 Å². The Hall–Kier alpha value is -3.30. The van der Waals surface area contributed by atoms with E-state index in [1.54, 1.807) is 0 Å². The van der Waals surface area contributed by atoms with Crippen molar-refractivity contribution in [2.75, 3.05) is 55.7 Å². The van der Waals surface area contributed by atoms with Crippen LogP contribution in [0.25, 0.3) is 0 Å². The maximum Gasteiger partial charge on any atom is 0.414 e. The third kappa shape index (κ3) is 6.68. The van der Waals surface area contributed by atoms with Crippen molar-refractivity contribution in [1.29, 1.82) is 0 Å². The van der Waals surface area contributed by atoms with Crippen LogP contribution in [0, 0.1) is 5.82 Å². The number of hydrogen-bond donors (Lipinski definition) is 1. The second-order valence-corrected chi connectivity index (χ2v) is 11.4. The maximum absolute atomic E-state index is 15.2. The number of rotatable bonds is 8. The van der Waals surface area contributed by atoms with Crippen LogP contribution < -0.4 is 9.80 Å². The SMILES string of the molecule is Cl.O=C(O)[C@@H]1CCCN1CC(=O)N(C[C@H]1CN(c2ccc(N3CCOCC3=O)cc2F)C(=O)O1)C(=O)c1ccc(Cl)s1. The Balaban J connectivity index is 0.00000405. The normalized spacial score (nSPS) is 20.8. The van der Waals surface area contributed by atoms with Crippen LogP contribution in [0.2, 0.25) is 4.34 Å². The minimum Gasteiger partial charge on any atom is -0.480 e. The second-order valence-electron chi connectivity index (χ2n) is 9.73. The van der Waals surface area contributed by atoms with Crippen LogP contribution in [0.15, 0.2) is 30.3 Å². The summed E-state index contributed by atoms with van der Waals surface area (Å²) in [5, 5.41) is 9.48. The number of cyclic esters (lactones) is 1. The number of likely N-dealkylation sites (tertiary alicyclic amines) is 1. The minimum atomic E-state index is -1.05. The number of amides is 4. The van der Waals surface area contributed by atoms with E-state index >= 15 is 4.39 Å². The lowest BCUT2D eigenvalue weighted by molar-refractivity contribution is -0.143. The first-order valence-corrected chi connectivity index (χ1v) is 14.0. The smallest absolute Gasteiger partial charge is 0.414 e. The largest absolute Gasteiger partial charge is 0.480 e. The summed E-state index contributed by atoms with van der Waals surface area (Å²) in [7, 11) is 0. The van der Waals surface area contributed by atoms with Crippen molar-refractivity contribution < 1.29 is 42.9 Å². The number of benzene rings is 1. The number of nitrogens with zero attached hydrogens (tertiary/aromatic N) is 4. The summed E-state index contributed by atoms with van der Waals surface area (Å²) in [6.07, 6.45) is -0.873. The monoisotopic (exact) mass is 644 g/mol. The van der Waals surface area contributed by atoms with Crippen molar-refractivity contribution in [1.82, 2.24) is 9.80 Å². The average Bonchev–Trinajstić information content (AvgIpc) is 3.67. The molecular formula is C26H27Cl2FN4O8S. The van der Waals surface area contributed by atoms with E-state index in [9.17, 15) is 29.1 Å². The molecule has 3 saturated heterocycles. The fourth-order valence-corrected chi connectivity index (χ4v) is 6.10. The molecule has 0 unspecified atom stereocenters. The third-order valence-electron chi connectivity index (χ3n) is 7.10. The molecule has 1 aromatic heterocycles. The van der Waals surface area contributed by atoms with E-state index in [4.69, 9.17) is 21.1 Å². The van der Waals surface area contributed by atoms with Gasteiger partial charge in [-0.3, -0.25) is 33.9 Å². The molecule has 5 rings (SSSR count). The summed E-state index contributed by atoms with van der Waals surface area (Å²) in [6, 6.07) is 6.15. The molecule has 0 saturated carbocycles. The number of thiophene rings is 1. The highest BCUT2D eigenvalue weighted by molar-refractivity contribution is 7.18. The number of morpholine rings is 1. The molecule has 0 radical (unpaired) electrons. The molecule has 2 aromatic rings. The minimum absolute atomic E-state index is 0. The summed E-state index contributed by atoms with van der Waals surface area (Å²) in [6.45, 7) is 0.0524. The van der Waals surface area contributed by atoms with Crippen LogP contribution in [-0.2, 0) is 23.9 Å². The highest BCUT2D eigenvalue weighted by atomic mass is 35.5. The summed E-state index contributed by atoms with van der Waals surface area (Å²) in [5.74, 6) is -3.45. The molecule has 3 aliphatic heterocycles. The number of hydrogen-bond acceptors (Lipinski definition) is 9. The van der Waals surface area contributed by atoms with Crippen molar-refractivity contribution in [2.45, 2.75) is 25.0 Å². The van der Waals surface area contributed by atoms with E-state index in [0.29, 0.717) is 36.0 Å². The fraction of sp³-hybridized carbons (Fsp3) is 0.423. The second kappa shape index (κ2) is 13.3. The van der Waals surface area contributed by atoms with Gasteiger partial charge < -0.3 is 19.5 Å². The Morgan fingerprint density at radius 2 is 1.93 bits per heavy atom. The van der Waals surface area contributed by atoms with Crippen molar-refractivity contribution in [3.63, 3.8) is 0 Å². The van der Waals surface area contributed by atoms with Gasteiger partial charge in [0.1, 0.15) is 24.6 Å². The van der Waals surface area contributed by atoms with Crippen molar-refractivity contribution in [2.24, 2.45) is 0 Å². The molecule has 1 aromatic carbocycles. The summed E-state index contributed by atoms with van der Waals surface area (Å²) >= 11 is 6.96. The van der Waals surface area contributed by atoms with Gasteiger partial charge in [0.25, 0.3) is 11.8 Å². The number of carboxylic acid groups (broad SMARTS) is 1. The van der Waals surface area contributed by atoms with E-state index < -0.39 is 41.8 Å². The first-order valence-electron chi connectivity index (χ1n) is 12.8. The summed E-state index contributed by atoms with van der Waals surface area (Å²) in [5.41, 5.74) is 0.236. The van der Waals surface area contributed by atoms with Gasteiger partial charge in [0, 0.05) is 12.2 Å². The van der Waals surface area contributed by atoms with Crippen molar-refractivity contribution in [3.8, 4) is 0 Å². The van der Waals surface area contributed by atoms with E-state index in [2.05, 4.69) is 0 Å². The lowest BCUT2D eigenvalue weighted by Crippen LogP contribution is -2.49. The molecule has 226 valence electrons. The van der Waals surface area contributed by atoms with Crippen LogP contribution in [0.1, 0.15) is 22.5 Å². The molecule has 0 spiro atoms. The molecule has 4 heterocycles. The molecule has 4 amide bonds. The lowest BCUT2D eigenvalue weighted by Gasteiger charge is -2.27. The standard InChI is InChI=1S/C26H26ClFN4O8S.ClH/c27-21-6-5-20(41-21)24(35)32(22(33)13-29-7-1-2-19(29)25(36)37)12-16-11-31(26(38)40-16)18-4-3-15(10-17(18)28)30-8-9-39-14-23(30)34;/h3-6,10,16,19H,1-2,7-9,11-14H2,(H,36,37);1H/t16-,19+;/m1./s1. The average molecular weight is 645 g/mol. The van der Waals surface area contributed by atoms with Gasteiger partial charge in [-0.15, -0.1) is 23.7 Å². The highest BCUT2D eigenvalue weighted by Gasteiger charge is 2.39. The van der Waals surface area contributed by atoms with Gasteiger partial charge in [-0.25, -0.2) is 9.18 Å². The highest BCUT2D eigenvalue weighted by Crippen LogP contribution is 2.30. The Kier molecular flexibility index (Phi) is 10.0. The number of anilines is 2. The van der Waals surface area contributed by atoms with Gasteiger partial charge >= 0.3 is 12.1 Å². The van der Waals surface area contributed by atoms with Crippen LogP contribution in [0.4, 0.5) is 20.6 Å². The lowest BCUT2D eigenvalue weighted by atomic mass is 10.2. The molecule has 3 aliphatic rings. The fourth-order valence-electron chi connectivity index (χ4n) is 5.10. The Bertz CT molecular complexity index is 1390. The predicted octanol–water partition coefficient (Wildman–Crippen LogP) is 2.87. The number of carbonyl (C=O) groups is 5. The number of halogens is 3. The van der Waals surface area contributed by atoms with Gasteiger partial charge in [-0.05, 0) is 49.7 Å². The Morgan fingerprint density at radius 3 is 2.60 bits per heavy atom.